The van der Waals surface area contributed by atoms with E-state index in [4.69, 9.17) is 0 Å². The summed E-state index contributed by atoms with van der Waals surface area (Å²) in [5, 5.41) is 0. The smallest absolute Gasteiger partial charge is 0.0911 e. The molecule has 0 saturated carbocycles. The molecule has 2 aliphatic rings. The third-order valence-electron chi connectivity index (χ3n) is 4.17. The van der Waals surface area contributed by atoms with Crippen molar-refractivity contribution in [3.8, 4) is 0 Å². The van der Waals surface area contributed by atoms with Gasteiger partial charge in [-0.25, -0.2) is 0 Å². The quantitative estimate of drug-likeness (QED) is 0.632. The number of anilines is 1. The van der Waals surface area contributed by atoms with Crippen molar-refractivity contribution in [1.82, 2.24) is 4.90 Å². The fourth-order valence-electron chi connectivity index (χ4n) is 3.46. The summed E-state index contributed by atoms with van der Waals surface area (Å²) in [7, 11) is 4.43. The van der Waals surface area contributed by atoms with E-state index >= 15 is 0 Å². The van der Waals surface area contributed by atoms with Crippen LogP contribution in [0.25, 0.3) is 0 Å². The zero-order valence-electron chi connectivity index (χ0n) is 9.62. The molecule has 2 nitrogen and oxygen atoms in total. The molecule has 0 N–H and O–H groups in total. The molecule has 2 heteroatoms. The molecular formula is C13H17N2. The van der Waals surface area contributed by atoms with Crippen LogP contribution in [-0.4, -0.2) is 31.7 Å². The summed E-state index contributed by atoms with van der Waals surface area (Å²) >= 11 is 0. The lowest BCUT2D eigenvalue weighted by molar-refractivity contribution is 0.268. The molecule has 0 aliphatic carbocycles. The van der Waals surface area contributed by atoms with Crippen LogP contribution in [0.15, 0.2) is 18.2 Å². The Morgan fingerprint density at radius 3 is 3.07 bits per heavy atom. The van der Waals surface area contributed by atoms with Gasteiger partial charge in [-0.1, -0.05) is 13.0 Å². The van der Waals surface area contributed by atoms with Gasteiger partial charge in [0.2, 0.25) is 0 Å². The summed E-state index contributed by atoms with van der Waals surface area (Å²) in [6, 6.07) is 9.59. The van der Waals surface area contributed by atoms with Gasteiger partial charge in [-0.05, 0) is 37.2 Å². The monoisotopic (exact) mass is 201 g/mol. The Kier molecular flexibility index (Phi) is 1.70. The summed E-state index contributed by atoms with van der Waals surface area (Å²) in [4.78, 5) is 4.87. The maximum absolute atomic E-state index is 3.22. The van der Waals surface area contributed by atoms with E-state index in [0.29, 0.717) is 11.6 Å². The first kappa shape index (κ1) is 9.22. The minimum absolute atomic E-state index is 0.302. The molecule has 2 heterocycles. The van der Waals surface area contributed by atoms with Crippen molar-refractivity contribution in [3.05, 3.63) is 29.8 Å². The van der Waals surface area contributed by atoms with Gasteiger partial charge in [-0.3, -0.25) is 4.90 Å². The Hall–Kier alpha value is -1.02. The third kappa shape index (κ3) is 0.979. The minimum Gasteiger partial charge on any atom is -0.358 e. The van der Waals surface area contributed by atoms with E-state index in [9.17, 15) is 0 Å². The predicted octanol–water partition coefficient (Wildman–Crippen LogP) is 1.86. The molecule has 1 aromatic carbocycles. The number of hydrogen-bond acceptors (Lipinski definition) is 2. The molecule has 1 saturated heterocycles. The van der Waals surface area contributed by atoms with Crippen LogP contribution < -0.4 is 4.90 Å². The summed E-state index contributed by atoms with van der Waals surface area (Å²) in [5.74, 6) is 0. The van der Waals surface area contributed by atoms with Crippen molar-refractivity contribution in [2.75, 3.05) is 25.5 Å². The highest BCUT2D eigenvalue weighted by atomic mass is 15.4. The summed E-state index contributed by atoms with van der Waals surface area (Å²) in [5.41, 5.74) is 3.16. The fraction of sp³-hybridized carbons (Fsp3) is 0.538. The van der Waals surface area contributed by atoms with Crippen molar-refractivity contribution in [3.63, 3.8) is 0 Å². The van der Waals surface area contributed by atoms with Gasteiger partial charge in [0.25, 0.3) is 0 Å². The number of hydrogen-bond donors (Lipinski definition) is 0. The van der Waals surface area contributed by atoms with E-state index < -0.39 is 0 Å². The van der Waals surface area contributed by atoms with E-state index in [2.05, 4.69) is 49.0 Å². The maximum atomic E-state index is 3.22. The molecule has 2 aliphatic heterocycles. The normalized spacial score (nSPS) is 34.3. The number of benzene rings is 1. The second kappa shape index (κ2) is 2.76. The largest absolute Gasteiger partial charge is 0.358 e. The molecule has 15 heavy (non-hydrogen) atoms. The number of likely N-dealkylation sites (tertiary alicyclic amines) is 1. The van der Waals surface area contributed by atoms with Gasteiger partial charge in [-0.15, -0.1) is 0 Å². The SMILES string of the molecule is CN1CCC2(C)c3c[c]ccc3N(C)C12. The summed E-state index contributed by atoms with van der Waals surface area (Å²) < 4.78 is 0. The average molecular weight is 201 g/mol. The molecule has 79 valence electrons. The van der Waals surface area contributed by atoms with Crippen molar-refractivity contribution < 1.29 is 0 Å². The minimum atomic E-state index is 0.302. The molecule has 2 atom stereocenters. The van der Waals surface area contributed by atoms with Gasteiger partial charge >= 0.3 is 0 Å². The first-order chi connectivity index (χ1) is 7.14. The van der Waals surface area contributed by atoms with Crippen LogP contribution >= 0.6 is 0 Å². The molecular weight excluding hydrogens is 184 g/mol. The second-order valence-electron chi connectivity index (χ2n) is 5.08. The Morgan fingerprint density at radius 2 is 2.27 bits per heavy atom. The van der Waals surface area contributed by atoms with Gasteiger partial charge in [0.05, 0.1) is 6.17 Å². The van der Waals surface area contributed by atoms with Gasteiger partial charge in [0, 0.05) is 24.7 Å². The van der Waals surface area contributed by atoms with Crippen LogP contribution in [0.1, 0.15) is 18.9 Å². The van der Waals surface area contributed by atoms with Gasteiger partial charge in [0.15, 0.2) is 0 Å². The summed E-state index contributed by atoms with van der Waals surface area (Å²) in [6.45, 7) is 3.58. The zero-order chi connectivity index (χ0) is 10.6. The van der Waals surface area contributed by atoms with Crippen LogP contribution in [0.4, 0.5) is 5.69 Å². The molecule has 0 aromatic heterocycles. The Labute approximate surface area is 91.5 Å². The molecule has 1 radical (unpaired) electrons. The second-order valence-corrected chi connectivity index (χ2v) is 5.08. The first-order valence-corrected chi connectivity index (χ1v) is 5.58. The van der Waals surface area contributed by atoms with Crippen molar-refractivity contribution in [2.24, 2.45) is 0 Å². The standard InChI is InChI=1S/C13H17N2/c1-13-8-9-14(2)12(13)15(3)11-7-5-4-6-10(11)13/h5-7,12H,8-9H2,1-3H3. The van der Waals surface area contributed by atoms with Crippen molar-refractivity contribution >= 4 is 5.69 Å². The molecule has 3 rings (SSSR count). The molecule has 2 unspecified atom stereocenters. The van der Waals surface area contributed by atoms with E-state index in [0.717, 1.165) is 0 Å². The lowest BCUT2D eigenvalue weighted by Crippen LogP contribution is -2.45. The molecule has 1 fully saturated rings. The average Bonchev–Trinajstić information content (AvgIpc) is 2.65. The molecule has 0 amide bonds. The van der Waals surface area contributed by atoms with E-state index in [1.807, 2.05) is 6.07 Å². The third-order valence-corrected chi connectivity index (χ3v) is 4.17. The highest BCUT2D eigenvalue weighted by Gasteiger charge is 2.51. The van der Waals surface area contributed by atoms with Crippen LogP contribution in [0.3, 0.4) is 0 Å². The molecule has 0 bridgehead atoms. The number of rotatable bonds is 0. The fourth-order valence-corrected chi connectivity index (χ4v) is 3.46. The number of fused-ring (bicyclic) bond motifs is 3. The van der Waals surface area contributed by atoms with Crippen molar-refractivity contribution in [2.45, 2.75) is 24.9 Å². The van der Waals surface area contributed by atoms with E-state index in [1.165, 1.54) is 24.2 Å². The Bertz CT molecular complexity index is 401. The van der Waals surface area contributed by atoms with E-state index in [-0.39, 0.29) is 0 Å². The molecule has 0 spiro atoms. The number of nitrogens with zero attached hydrogens (tertiary/aromatic N) is 2. The lowest BCUT2D eigenvalue weighted by Gasteiger charge is -2.32. The number of likely N-dealkylation sites (N-methyl/N-ethyl adjacent to an activating group) is 2. The zero-order valence-corrected chi connectivity index (χ0v) is 9.62. The van der Waals surface area contributed by atoms with Gasteiger partial charge in [-0.2, -0.15) is 0 Å². The predicted molar refractivity (Wildman–Crippen MR) is 62.1 cm³/mol. The summed E-state index contributed by atoms with van der Waals surface area (Å²) in [6.07, 6.45) is 1.78. The van der Waals surface area contributed by atoms with Crippen LogP contribution in [0.2, 0.25) is 0 Å². The van der Waals surface area contributed by atoms with E-state index in [1.54, 1.807) is 0 Å². The van der Waals surface area contributed by atoms with Gasteiger partial charge < -0.3 is 4.90 Å². The molecule has 1 aromatic rings. The van der Waals surface area contributed by atoms with Crippen LogP contribution in [-0.2, 0) is 5.41 Å². The highest BCUT2D eigenvalue weighted by Crippen LogP contribution is 2.50. The first-order valence-electron chi connectivity index (χ1n) is 5.58. The maximum Gasteiger partial charge on any atom is 0.0911 e. The van der Waals surface area contributed by atoms with Gasteiger partial charge in [0.1, 0.15) is 0 Å². The lowest BCUT2D eigenvalue weighted by atomic mass is 9.81. The van der Waals surface area contributed by atoms with Crippen molar-refractivity contribution in [1.29, 1.82) is 0 Å². The van der Waals surface area contributed by atoms with Crippen LogP contribution in [0, 0.1) is 6.07 Å². The Morgan fingerprint density at radius 1 is 1.47 bits per heavy atom. The van der Waals surface area contributed by atoms with Crippen LogP contribution in [0.5, 0.6) is 0 Å². The highest BCUT2D eigenvalue weighted by molar-refractivity contribution is 5.63. The Balaban J connectivity index is 2.19. The topological polar surface area (TPSA) is 6.48 Å².